The Kier molecular flexibility index (Phi) is 64.7. The van der Waals surface area contributed by atoms with Crippen LogP contribution >= 0.6 is 61.8 Å². The van der Waals surface area contributed by atoms with Gasteiger partial charge in [0.25, 0.3) is 6.47 Å². The largest absolute Gasteiger partial charge is 1.00 e. The van der Waals surface area contributed by atoms with Crippen molar-refractivity contribution >= 4 is 360 Å². The Balaban J connectivity index is 0.00000126. The zero-order valence-corrected chi connectivity index (χ0v) is 91.2. The Morgan fingerprint density at radius 2 is 1.02 bits per heavy atom. The molecule has 0 radical (unpaired) electrons. The maximum absolute atomic E-state index is 11.9. The molecule has 15 nitrogen and oxygen atoms in total. The molecule has 6 unspecified atom stereocenters. The fourth-order valence-corrected chi connectivity index (χ4v) is 85.9. The minimum absolute atomic E-state index is 0. The molecule has 8 rings (SSSR count). The van der Waals surface area contributed by atoms with E-state index in [9.17, 15) is 9.59 Å². The molecule has 93 heavy (non-hydrogen) atoms. The van der Waals surface area contributed by atoms with Crippen molar-refractivity contribution in [1.82, 2.24) is 40.4 Å². The molecule has 4 aliphatic rings. The van der Waals surface area contributed by atoms with E-state index in [1.54, 1.807) is 167 Å². The quantitative estimate of drug-likeness (QED) is 0.102. The minimum atomic E-state index is -0.289. The molecular weight excluding hydrogens is 2180 g/mol. The molecule has 2 spiro atoms. The van der Waals surface area contributed by atoms with E-state index in [2.05, 4.69) is 72.7 Å². The second-order valence-electron chi connectivity index (χ2n) is 17.4. The molecule has 4 aromatic rings. The van der Waals surface area contributed by atoms with Crippen LogP contribution in [0.3, 0.4) is 0 Å². The number of aromatic amines is 1. The van der Waals surface area contributed by atoms with Crippen LogP contribution in [0.25, 0.3) is 0 Å². The Morgan fingerprint density at radius 3 is 1.32 bits per heavy atom. The number of hydrogen-bond acceptors (Lipinski definition) is 15. The third kappa shape index (κ3) is 41.0. The summed E-state index contributed by atoms with van der Waals surface area (Å²) in [6, 6.07) is 5.31. The molecule has 8 heterocycles. The molecule has 0 aliphatic carbocycles. The summed E-state index contributed by atoms with van der Waals surface area (Å²) in [4.78, 5) is 39.3. The average molecular weight is 2240 g/mol. The van der Waals surface area contributed by atoms with Crippen molar-refractivity contribution in [2.24, 2.45) is 0 Å². The van der Waals surface area contributed by atoms with Crippen LogP contribution in [0.5, 0.6) is 0 Å². The molecule has 0 bridgehead atoms. The number of fused-ring (bicyclic) bond motifs is 4. The van der Waals surface area contributed by atoms with Gasteiger partial charge in [0, 0.05) is 378 Å². The first-order valence-electron chi connectivity index (χ1n) is 24.2. The maximum atomic E-state index is 11.9. The first-order valence-corrected chi connectivity index (χ1v) is 67.7. The molecule has 0 saturated carbocycles. The fraction of sp³-hybridized carbons (Fsp3) is 0.575. The molecule has 4 aliphatic heterocycles. The smallest absolute Gasteiger partial charge is 1.00 e. The molecule has 2 saturated heterocycles. The predicted molar refractivity (Wildman–Crippen MR) is 466 cm³/mol. The monoisotopic (exact) mass is 2230 g/mol. The van der Waals surface area contributed by atoms with Crippen LogP contribution in [0.4, 0.5) is 0 Å². The predicted octanol–water partition coefficient (Wildman–Crippen LogP) is -0.0404. The molecular formula is C40H57BrCl2Cs2N8O7S33. The third-order valence-corrected chi connectivity index (χ3v) is 77.1. The van der Waals surface area contributed by atoms with Crippen molar-refractivity contribution in [2.45, 2.75) is 102 Å². The van der Waals surface area contributed by atoms with E-state index < -0.39 is 0 Å². The summed E-state index contributed by atoms with van der Waals surface area (Å²) >= 11 is 28.5. The number of rotatable bonds is 6. The van der Waals surface area contributed by atoms with Gasteiger partial charge in [-0.15, -0.1) is 22.7 Å². The molecule has 2 amide bonds. The van der Waals surface area contributed by atoms with Gasteiger partial charge in [-0.2, -0.15) is 10.2 Å². The summed E-state index contributed by atoms with van der Waals surface area (Å²) in [7, 11) is 57.9. The van der Waals surface area contributed by atoms with Crippen molar-refractivity contribution in [1.29, 1.82) is 0 Å². The number of H-pyrrole nitrogens is 1. The van der Waals surface area contributed by atoms with Gasteiger partial charge in [0.05, 0.1) is 39.6 Å². The summed E-state index contributed by atoms with van der Waals surface area (Å²) in [6.45, 7) is 6.00. The number of thiophene rings is 2. The number of alkyl halides is 1. The number of amides is 2. The molecule has 4 aromatic heterocycles. The van der Waals surface area contributed by atoms with Crippen molar-refractivity contribution in [3.63, 3.8) is 0 Å². The standard InChI is InChI=1S/C19H25ClN4O2S.C15H18ClN3OS.C4H8BrNO.CH2O3.CH4.2Cs.S31.H/c1-12-7-19(18-13(4-5-26-19)6-16(20)27-18)8-15(22-12)14-9-21-24(10-14)11-17(25)23(2)3;1-9-5-15(6-12(19-9)11-7-17-18-8-11)14-10(2-3-20-15)4-13(16)21-14;1-6(2)4(7)3-5;2-1-4-3;;;;1-3-5-7-9-11-13-15-17-19-21-23-25-27-29-31-30-28-26-24-22-20-18-16-14-12-10-8-6-4-2;/h6,9-10,12,15,22H,4-5,7-8,11H2,1-3H3;4,7-9,12,19H,2-3,5-6H2,1H3,(H,17,18);3H2,1-2H3;1,3H;1H4;;;;/q;;;;;2*+1;;-1/p-1. The van der Waals surface area contributed by atoms with Crippen molar-refractivity contribution in [3.8, 4) is 0 Å². The van der Waals surface area contributed by atoms with E-state index >= 15 is 0 Å². The van der Waals surface area contributed by atoms with Gasteiger partial charge in [-0.3, -0.25) is 24.2 Å². The number of aromatic nitrogens is 4. The van der Waals surface area contributed by atoms with Crippen LogP contribution in [0, 0.1) is 0 Å². The van der Waals surface area contributed by atoms with Gasteiger partial charge in [-0.05, 0) is 62.8 Å². The number of halogens is 3. The minimum Gasteiger partial charge on any atom is -1.00 e. The first-order chi connectivity index (χ1) is 43.5. The van der Waals surface area contributed by atoms with E-state index in [0.717, 1.165) is 66.0 Å². The van der Waals surface area contributed by atoms with Crippen LogP contribution in [-0.4, -0.2) is 107 Å². The SMILES string of the molecule is C.CC1CC2(CC(c3cn[nH]c3)N1)OCCc1cc(Cl)sc12.CC1CC2(CC(c3cnn(CC(=O)N(C)C)c3)N1)OCCc1cc(Cl)sc12.CN(C)C(=O)CBr.O=CO[O-].S=S=S=S=S=S=S=S=S=S=S=S=S=S=S=S=S=S=S=S=S=S=S=S=S=S=S=S=S=S=S.[Cs+].[Cs+].[H-]. The van der Waals surface area contributed by atoms with Gasteiger partial charge >= 0.3 is 138 Å². The van der Waals surface area contributed by atoms with E-state index in [4.69, 9.17) is 65.1 Å². The molecule has 2 fully saturated rings. The number of carbonyl (C=O) groups excluding carboxylic acids is 3. The van der Waals surface area contributed by atoms with Crippen LogP contribution in [0.2, 0.25) is 8.67 Å². The Bertz CT molecular complexity index is 4390. The van der Waals surface area contributed by atoms with Crippen molar-refractivity contribution in [2.75, 3.05) is 46.7 Å². The van der Waals surface area contributed by atoms with Gasteiger partial charge in [-0.25, -0.2) is 0 Å². The Morgan fingerprint density at radius 1 is 0.667 bits per heavy atom. The van der Waals surface area contributed by atoms with Crippen LogP contribution in [-0.2, 0) is 339 Å². The van der Waals surface area contributed by atoms with Crippen molar-refractivity contribution in [3.05, 3.63) is 77.6 Å². The fourth-order valence-electron chi connectivity index (χ4n) is 8.35. The summed E-state index contributed by atoms with van der Waals surface area (Å²) < 4.78 is 16.1. The van der Waals surface area contributed by atoms with E-state index in [-0.39, 0.29) is 195 Å². The van der Waals surface area contributed by atoms with E-state index in [1.807, 2.05) is 158 Å². The van der Waals surface area contributed by atoms with Gasteiger partial charge in [0.15, 0.2) is 0 Å². The molecule has 6 atom stereocenters. The van der Waals surface area contributed by atoms with Crippen LogP contribution in [0.15, 0.2) is 36.9 Å². The Labute approximate surface area is 781 Å². The molecule has 53 heteroatoms. The number of nitrogens with zero attached hydrogens (tertiary/aromatic N) is 5. The van der Waals surface area contributed by atoms with Gasteiger partial charge < -0.3 is 41.5 Å². The zero-order valence-electron chi connectivity index (χ0n) is 49.6. The number of nitrogens with one attached hydrogen (secondary N) is 3. The zero-order chi connectivity index (χ0) is 65.4. The summed E-state index contributed by atoms with van der Waals surface area (Å²) in [5.74, 6) is 0.125. The number of carbonyl (C=O) groups is 3. The van der Waals surface area contributed by atoms with Crippen LogP contribution in [0.1, 0.15) is 92.5 Å². The normalized spacial score (nSPS) is 18.7. The van der Waals surface area contributed by atoms with Gasteiger partial charge in [0.1, 0.15) is 17.7 Å². The topological polar surface area (TPSA) is 179 Å². The number of ether oxygens (including phenoxy) is 2. The molecule has 0 aromatic carbocycles. The van der Waals surface area contributed by atoms with E-state index in [0.29, 0.717) is 17.4 Å². The first kappa shape index (κ1) is 99.0. The third-order valence-electron chi connectivity index (χ3n) is 11.4. The summed E-state index contributed by atoms with van der Waals surface area (Å²) in [6.07, 6.45) is 13.3. The second-order valence-corrected chi connectivity index (χ2v) is 72.7. The second kappa shape index (κ2) is 60.8. The van der Waals surface area contributed by atoms with Gasteiger partial charge in [0.2, 0.25) is 11.8 Å². The van der Waals surface area contributed by atoms with E-state index in [1.165, 1.54) is 49.1 Å². The number of likely N-dealkylation sites (N-methyl/N-ethyl adjacent to an activating group) is 1. The number of piperidine rings is 2. The number of hydrogen-bond donors (Lipinski definition) is 3. The van der Waals surface area contributed by atoms with Crippen molar-refractivity contribution < 1.29 is 173 Å². The summed E-state index contributed by atoms with van der Waals surface area (Å²) in [5.41, 5.74) is 4.50. The average Bonchev–Trinajstić information content (AvgIpc) is 1.47. The Hall–Kier alpha value is 8.01. The maximum Gasteiger partial charge on any atom is 1.00 e. The van der Waals surface area contributed by atoms with Crippen LogP contribution < -0.4 is 154 Å². The summed E-state index contributed by atoms with van der Waals surface area (Å²) in [5, 5.41) is 27.6. The van der Waals surface area contributed by atoms with Gasteiger partial charge in [-0.1, -0.05) is 46.6 Å². The molecule has 520 valence electrons. The molecule has 3 N–H and O–H groups in total.